The Morgan fingerprint density at radius 1 is 0.641 bits per heavy atom. The molecule has 0 aliphatic rings. The van der Waals surface area contributed by atoms with Crippen LogP contribution < -0.4 is 5.32 Å². The average Bonchev–Trinajstić information content (AvgIpc) is 3.33. The van der Waals surface area contributed by atoms with E-state index in [1.165, 1.54) is 0 Å². The van der Waals surface area contributed by atoms with Crippen molar-refractivity contribution >= 4 is 16.7 Å². The molecule has 0 saturated heterocycles. The van der Waals surface area contributed by atoms with Gasteiger partial charge >= 0.3 is 0 Å². The maximum absolute atomic E-state index is 14.7. The van der Waals surface area contributed by atoms with E-state index in [0.717, 1.165) is 22.2 Å². The van der Waals surface area contributed by atoms with Crippen LogP contribution in [0.5, 0.6) is 0 Å². The monoisotopic (exact) mass is 519 g/mol. The zero-order valence-corrected chi connectivity index (χ0v) is 21.1. The van der Waals surface area contributed by atoms with E-state index in [1.54, 1.807) is 19.2 Å². The van der Waals surface area contributed by atoms with Crippen LogP contribution in [-0.4, -0.2) is 16.8 Å². The van der Waals surface area contributed by atoms with Gasteiger partial charge in [0, 0.05) is 24.6 Å². The number of rotatable bonds is 6. The Morgan fingerprint density at radius 2 is 1.13 bits per heavy atom. The molecular formula is C33H24F3N3. The van der Waals surface area contributed by atoms with Gasteiger partial charge in [-0.1, -0.05) is 97.1 Å². The van der Waals surface area contributed by atoms with Gasteiger partial charge < -0.3 is 5.32 Å². The van der Waals surface area contributed by atoms with Crippen LogP contribution in [0.25, 0.3) is 22.0 Å². The van der Waals surface area contributed by atoms with E-state index >= 15 is 0 Å². The highest BCUT2D eigenvalue weighted by molar-refractivity contribution is 5.94. The molecule has 5 aromatic carbocycles. The number of halogens is 3. The van der Waals surface area contributed by atoms with Crippen LogP contribution in [0.3, 0.4) is 0 Å². The van der Waals surface area contributed by atoms with Gasteiger partial charge in [-0.05, 0) is 34.4 Å². The van der Waals surface area contributed by atoms with Gasteiger partial charge in [0.05, 0.1) is 11.1 Å². The molecule has 1 N–H and O–H groups in total. The number of anilines is 1. The second-order valence-corrected chi connectivity index (χ2v) is 9.30. The van der Waals surface area contributed by atoms with E-state index in [1.807, 2.05) is 65.3 Å². The summed E-state index contributed by atoms with van der Waals surface area (Å²) < 4.78 is 45.0. The first-order chi connectivity index (χ1) is 19.0. The fourth-order valence-corrected chi connectivity index (χ4v) is 5.44. The van der Waals surface area contributed by atoms with Crippen molar-refractivity contribution in [3.8, 4) is 11.1 Å². The Hall–Kier alpha value is -4.84. The highest BCUT2D eigenvalue weighted by atomic mass is 19.1. The van der Waals surface area contributed by atoms with Crippen molar-refractivity contribution in [2.75, 3.05) is 12.4 Å². The fraction of sp³-hybridized carbons (Fsp3) is 0.0606. The largest absolute Gasteiger partial charge is 0.371 e. The highest BCUT2D eigenvalue weighted by Gasteiger charge is 2.40. The smallest absolute Gasteiger partial charge is 0.155 e. The van der Waals surface area contributed by atoms with Crippen molar-refractivity contribution in [1.29, 1.82) is 0 Å². The summed E-state index contributed by atoms with van der Waals surface area (Å²) in [6.07, 6.45) is 0. The molecule has 0 unspecified atom stereocenters. The zero-order chi connectivity index (χ0) is 27.0. The fourth-order valence-electron chi connectivity index (χ4n) is 5.44. The normalized spacial score (nSPS) is 11.6. The summed E-state index contributed by atoms with van der Waals surface area (Å²) in [4.78, 5) is 0. The number of benzene rings is 5. The quantitative estimate of drug-likeness (QED) is 0.226. The number of hydrogen-bond donors (Lipinski definition) is 1. The molecule has 0 aliphatic carbocycles. The van der Waals surface area contributed by atoms with Gasteiger partial charge in [-0.3, -0.25) is 0 Å². The molecule has 39 heavy (non-hydrogen) atoms. The average molecular weight is 520 g/mol. The van der Waals surface area contributed by atoms with E-state index in [-0.39, 0.29) is 5.56 Å². The Labute approximate surface area is 224 Å². The van der Waals surface area contributed by atoms with Gasteiger partial charge in [0.2, 0.25) is 0 Å². The molecule has 6 aromatic rings. The SMILES string of the molecule is CNc1nn(C(c2ccccc2)(c2ccccc2)c2ccccc2)c2ccc(-c3c(F)cc(F)cc3F)cc12. The predicted molar refractivity (Wildman–Crippen MR) is 149 cm³/mol. The molecule has 0 atom stereocenters. The van der Waals surface area contributed by atoms with Crippen LogP contribution in [0.4, 0.5) is 19.0 Å². The van der Waals surface area contributed by atoms with E-state index in [0.29, 0.717) is 28.9 Å². The second kappa shape index (κ2) is 9.80. The molecule has 1 heterocycles. The predicted octanol–water partition coefficient (Wildman–Crippen LogP) is 8.00. The molecular weight excluding hydrogens is 495 g/mol. The van der Waals surface area contributed by atoms with Gasteiger partial charge in [0.1, 0.15) is 23.0 Å². The third kappa shape index (κ3) is 3.96. The first-order valence-electron chi connectivity index (χ1n) is 12.6. The van der Waals surface area contributed by atoms with Crippen LogP contribution in [-0.2, 0) is 5.54 Å². The Balaban J connectivity index is 1.71. The third-order valence-corrected chi connectivity index (χ3v) is 7.10. The molecule has 0 amide bonds. The van der Waals surface area contributed by atoms with Crippen LogP contribution in [0, 0.1) is 17.5 Å². The molecule has 6 heteroatoms. The molecule has 0 saturated carbocycles. The minimum Gasteiger partial charge on any atom is -0.371 e. The van der Waals surface area contributed by atoms with E-state index in [9.17, 15) is 13.2 Å². The molecule has 192 valence electrons. The van der Waals surface area contributed by atoms with E-state index < -0.39 is 23.0 Å². The van der Waals surface area contributed by atoms with Crippen molar-refractivity contribution in [1.82, 2.24) is 9.78 Å². The molecule has 1 aromatic heterocycles. The summed E-state index contributed by atoms with van der Waals surface area (Å²) in [5, 5.41) is 8.89. The number of nitrogens with one attached hydrogen (secondary N) is 1. The van der Waals surface area contributed by atoms with Crippen molar-refractivity contribution in [2.24, 2.45) is 0 Å². The van der Waals surface area contributed by atoms with Gasteiger partial charge in [0.15, 0.2) is 5.82 Å². The van der Waals surface area contributed by atoms with Crippen molar-refractivity contribution in [2.45, 2.75) is 5.54 Å². The van der Waals surface area contributed by atoms with E-state index in [4.69, 9.17) is 5.10 Å². The van der Waals surface area contributed by atoms with Gasteiger partial charge in [-0.25, -0.2) is 17.9 Å². The van der Waals surface area contributed by atoms with Crippen LogP contribution in [0.15, 0.2) is 121 Å². The van der Waals surface area contributed by atoms with Gasteiger partial charge in [0.25, 0.3) is 0 Å². The summed E-state index contributed by atoms with van der Waals surface area (Å²) in [5.41, 5.74) is 2.87. The van der Waals surface area contributed by atoms with Crippen molar-refractivity contribution in [3.63, 3.8) is 0 Å². The van der Waals surface area contributed by atoms with E-state index in [2.05, 4.69) is 41.7 Å². The maximum atomic E-state index is 14.7. The van der Waals surface area contributed by atoms with Gasteiger partial charge in [-0.2, -0.15) is 5.10 Å². The summed E-state index contributed by atoms with van der Waals surface area (Å²) in [5.74, 6) is -2.34. The molecule has 0 spiro atoms. The molecule has 0 fully saturated rings. The highest BCUT2D eigenvalue weighted by Crippen LogP contribution is 2.44. The molecule has 0 bridgehead atoms. The number of aromatic nitrogens is 2. The van der Waals surface area contributed by atoms with Crippen LogP contribution in [0.1, 0.15) is 16.7 Å². The molecule has 0 aliphatic heterocycles. The molecule has 0 radical (unpaired) electrons. The lowest BCUT2D eigenvalue weighted by molar-refractivity contribution is 0.477. The van der Waals surface area contributed by atoms with Crippen LogP contribution in [0.2, 0.25) is 0 Å². The second-order valence-electron chi connectivity index (χ2n) is 9.30. The molecule has 6 rings (SSSR count). The summed E-state index contributed by atoms with van der Waals surface area (Å²) in [6.45, 7) is 0. The zero-order valence-electron chi connectivity index (χ0n) is 21.1. The lowest BCUT2D eigenvalue weighted by atomic mass is 9.77. The van der Waals surface area contributed by atoms with Crippen LogP contribution >= 0.6 is 0 Å². The van der Waals surface area contributed by atoms with Crippen molar-refractivity contribution in [3.05, 3.63) is 155 Å². The van der Waals surface area contributed by atoms with Gasteiger partial charge in [-0.15, -0.1) is 0 Å². The number of fused-ring (bicyclic) bond motifs is 1. The lowest BCUT2D eigenvalue weighted by Crippen LogP contribution is -2.38. The maximum Gasteiger partial charge on any atom is 0.155 e. The number of nitrogens with zero attached hydrogens (tertiary/aromatic N) is 2. The molecule has 3 nitrogen and oxygen atoms in total. The minimum absolute atomic E-state index is 0.284. The first kappa shape index (κ1) is 24.5. The lowest BCUT2D eigenvalue weighted by Gasteiger charge is -2.37. The Morgan fingerprint density at radius 3 is 1.59 bits per heavy atom. The minimum atomic E-state index is -0.961. The Bertz CT molecular complexity index is 1650. The summed E-state index contributed by atoms with van der Waals surface area (Å²) >= 11 is 0. The third-order valence-electron chi connectivity index (χ3n) is 7.10. The summed E-state index contributed by atoms with van der Waals surface area (Å²) in [7, 11) is 1.76. The standard InChI is InChI=1S/C33H24F3N3/c1-37-32-27-19-22(31-28(35)20-26(34)21-29(31)36)17-18-30(27)39(38-32)33(23-11-5-2-6-12-23,24-13-7-3-8-14-24)25-15-9-4-10-16-25/h2-21H,1H3,(H,37,38). The first-order valence-corrected chi connectivity index (χ1v) is 12.6. The Kier molecular flexibility index (Phi) is 6.15. The summed E-state index contributed by atoms with van der Waals surface area (Å²) in [6, 6.07) is 36.9. The topological polar surface area (TPSA) is 29.9 Å². The van der Waals surface area contributed by atoms with Crippen molar-refractivity contribution < 1.29 is 13.2 Å². The number of hydrogen-bond acceptors (Lipinski definition) is 2.